The summed E-state index contributed by atoms with van der Waals surface area (Å²) in [7, 11) is 0. The van der Waals surface area contributed by atoms with Crippen LogP contribution in [0, 0.1) is 5.82 Å². The van der Waals surface area contributed by atoms with Crippen molar-refractivity contribution >= 4 is 18.2 Å². The van der Waals surface area contributed by atoms with Gasteiger partial charge in [-0.15, -0.1) is 0 Å². The molecule has 0 fully saturated rings. The molecule has 68 valence electrons. The predicted octanol–water partition coefficient (Wildman–Crippen LogP) is 1.41. The van der Waals surface area contributed by atoms with Gasteiger partial charge >= 0.3 is 0 Å². The average Bonchev–Trinajstić information content (AvgIpc) is 2.11. The maximum Gasteiger partial charge on any atom is 0.142 e. The largest absolute Gasteiger partial charge is 0.383 e. The Labute approximate surface area is 75.1 Å². The van der Waals surface area contributed by atoms with Crippen LogP contribution in [0.4, 0.5) is 10.2 Å². The third kappa shape index (κ3) is 2.66. The van der Waals surface area contributed by atoms with Crippen molar-refractivity contribution in [2.75, 3.05) is 5.73 Å². The van der Waals surface area contributed by atoms with E-state index in [1.54, 1.807) is 12.2 Å². The fourth-order valence-electron chi connectivity index (χ4n) is 0.850. The van der Waals surface area contributed by atoms with Crippen LogP contribution in [-0.2, 0) is 4.79 Å². The van der Waals surface area contributed by atoms with Crippen molar-refractivity contribution in [2.24, 2.45) is 0 Å². The topological polar surface area (TPSA) is 56.0 Å². The molecule has 0 atom stereocenters. The molecule has 1 aromatic rings. The first kappa shape index (κ1) is 9.38. The molecule has 0 aliphatic carbocycles. The summed E-state index contributed by atoms with van der Waals surface area (Å²) in [6.07, 6.45) is 5.25. The molecule has 0 aliphatic heterocycles. The van der Waals surface area contributed by atoms with Crippen LogP contribution < -0.4 is 5.73 Å². The van der Waals surface area contributed by atoms with Crippen LogP contribution in [-0.4, -0.2) is 11.3 Å². The van der Waals surface area contributed by atoms with Gasteiger partial charge in [-0.1, -0.05) is 12.2 Å². The minimum atomic E-state index is -0.444. The molecule has 0 radical (unpaired) electrons. The highest BCUT2D eigenvalue weighted by molar-refractivity contribution is 5.63. The number of carbonyl (C=O) groups excluding carboxylic acids is 1. The molecular formula is C9H9FN2O. The molecule has 4 heteroatoms. The van der Waals surface area contributed by atoms with Crippen LogP contribution in [0.15, 0.2) is 18.3 Å². The molecule has 13 heavy (non-hydrogen) atoms. The third-order valence-electron chi connectivity index (χ3n) is 1.45. The van der Waals surface area contributed by atoms with Crippen molar-refractivity contribution in [3.8, 4) is 0 Å². The van der Waals surface area contributed by atoms with E-state index in [9.17, 15) is 9.18 Å². The molecule has 0 aromatic carbocycles. The number of carbonyl (C=O) groups is 1. The summed E-state index contributed by atoms with van der Waals surface area (Å²) in [5.74, 6) is -0.191. The standard InChI is InChI=1S/C9H9FN2O/c10-8-5-7(3-1-2-4-13)9(11)12-6-8/h1,3-6H,2H2,(H2,11,12). The van der Waals surface area contributed by atoms with E-state index in [-0.39, 0.29) is 12.2 Å². The Morgan fingerprint density at radius 1 is 1.62 bits per heavy atom. The second kappa shape index (κ2) is 4.35. The minimum absolute atomic E-state index is 0.253. The number of pyridine rings is 1. The quantitative estimate of drug-likeness (QED) is 0.715. The van der Waals surface area contributed by atoms with Crippen LogP contribution in [0.2, 0.25) is 0 Å². The van der Waals surface area contributed by atoms with Gasteiger partial charge in [0, 0.05) is 12.0 Å². The number of nitrogens with two attached hydrogens (primary N) is 1. The summed E-state index contributed by atoms with van der Waals surface area (Å²) >= 11 is 0. The Bertz CT molecular complexity index is 336. The zero-order valence-electron chi connectivity index (χ0n) is 6.90. The molecule has 0 aliphatic rings. The third-order valence-corrected chi connectivity index (χ3v) is 1.45. The Morgan fingerprint density at radius 3 is 3.08 bits per heavy atom. The molecule has 1 aromatic heterocycles. The summed E-state index contributed by atoms with van der Waals surface area (Å²) in [5, 5.41) is 0. The lowest BCUT2D eigenvalue weighted by atomic mass is 10.2. The maximum atomic E-state index is 12.6. The summed E-state index contributed by atoms with van der Waals surface area (Å²) in [6, 6.07) is 1.27. The van der Waals surface area contributed by atoms with E-state index in [1.807, 2.05) is 0 Å². The fourth-order valence-corrected chi connectivity index (χ4v) is 0.850. The van der Waals surface area contributed by atoms with Crippen LogP contribution >= 0.6 is 0 Å². The number of hydrogen-bond acceptors (Lipinski definition) is 3. The molecule has 3 nitrogen and oxygen atoms in total. The van der Waals surface area contributed by atoms with Crippen molar-refractivity contribution in [3.63, 3.8) is 0 Å². The first-order chi connectivity index (χ1) is 6.24. The van der Waals surface area contributed by atoms with Gasteiger partial charge in [0.05, 0.1) is 6.20 Å². The van der Waals surface area contributed by atoms with Gasteiger partial charge in [-0.25, -0.2) is 9.37 Å². The van der Waals surface area contributed by atoms with Gasteiger partial charge in [0.1, 0.15) is 17.9 Å². The number of hydrogen-bond donors (Lipinski definition) is 1. The highest BCUT2D eigenvalue weighted by Gasteiger charge is 1.97. The number of aldehydes is 1. The Morgan fingerprint density at radius 2 is 2.38 bits per heavy atom. The van der Waals surface area contributed by atoms with Gasteiger partial charge < -0.3 is 10.5 Å². The normalized spacial score (nSPS) is 10.5. The minimum Gasteiger partial charge on any atom is -0.383 e. The van der Waals surface area contributed by atoms with Gasteiger partial charge in [0.2, 0.25) is 0 Å². The fraction of sp³-hybridized carbons (Fsp3) is 0.111. The number of rotatable bonds is 3. The van der Waals surface area contributed by atoms with E-state index in [2.05, 4.69) is 4.98 Å². The highest BCUT2D eigenvalue weighted by Crippen LogP contribution is 2.11. The van der Waals surface area contributed by atoms with Crippen LogP contribution in [0.5, 0.6) is 0 Å². The van der Waals surface area contributed by atoms with Crippen molar-refractivity contribution in [1.82, 2.24) is 4.98 Å². The number of anilines is 1. The van der Waals surface area contributed by atoms with E-state index in [1.165, 1.54) is 6.07 Å². The van der Waals surface area contributed by atoms with Crippen molar-refractivity contribution < 1.29 is 9.18 Å². The van der Waals surface area contributed by atoms with E-state index in [0.717, 1.165) is 12.5 Å². The lowest BCUT2D eigenvalue weighted by molar-refractivity contribution is -0.107. The lowest BCUT2D eigenvalue weighted by Gasteiger charge is -1.97. The number of nitrogen functional groups attached to an aromatic ring is 1. The number of nitrogens with zero attached hydrogens (tertiary/aromatic N) is 1. The summed E-state index contributed by atoms with van der Waals surface area (Å²) in [5.41, 5.74) is 5.94. The van der Waals surface area contributed by atoms with Gasteiger partial charge in [0.25, 0.3) is 0 Å². The van der Waals surface area contributed by atoms with Gasteiger partial charge in [-0.05, 0) is 6.07 Å². The summed E-state index contributed by atoms with van der Waals surface area (Å²) in [4.78, 5) is 13.6. The second-order valence-corrected chi connectivity index (χ2v) is 2.43. The number of allylic oxidation sites excluding steroid dienone is 1. The number of aromatic nitrogens is 1. The first-order valence-corrected chi connectivity index (χ1v) is 3.75. The maximum absolute atomic E-state index is 12.6. The molecule has 1 rings (SSSR count). The monoisotopic (exact) mass is 180 g/mol. The highest BCUT2D eigenvalue weighted by atomic mass is 19.1. The Balaban J connectivity index is 2.86. The Kier molecular flexibility index (Phi) is 3.14. The SMILES string of the molecule is Nc1ncc(F)cc1C=CCC=O. The van der Waals surface area contributed by atoms with Gasteiger partial charge in [0.15, 0.2) is 0 Å². The van der Waals surface area contributed by atoms with Crippen molar-refractivity contribution in [3.05, 3.63) is 29.7 Å². The Hall–Kier alpha value is -1.71. The molecular weight excluding hydrogens is 171 g/mol. The van der Waals surface area contributed by atoms with E-state index in [4.69, 9.17) is 5.73 Å². The van der Waals surface area contributed by atoms with E-state index in [0.29, 0.717) is 5.56 Å². The van der Waals surface area contributed by atoms with Crippen molar-refractivity contribution in [1.29, 1.82) is 0 Å². The van der Waals surface area contributed by atoms with Crippen LogP contribution in [0.25, 0.3) is 6.08 Å². The number of halogens is 1. The molecule has 2 N–H and O–H groups in total. The first-order valence-electron chi connectivity index (χ1n) is 3.75. The predicted molar refractivity (Wildman–Crippen MR) is 48.3 cm³/mol. The smallest absolute Gasteiger partial charge is 0.142 e. The summed E-state index contributed by atoms with van der Waals surface area (Å²) in [6.45, 7) is 0. The zero-order chi connectivity index (χ0) is 9.68. The van der Waals surface area contributed by atoms with Crippen molar-refractivity contribution in [2.45, 2.75) is 6.42 Å². The van der Waals surface area contributed by atoms with E-state index >= 15 is 0 Å². The van der Waals surface area contributed by atoms with Gasteiger partial charge in [-0.3, -0.25) is 0 Å². The average molecular weight is 180 g/mol. The molecule has 0 unspecified atom stereocenters. The van der Waals surface area contributed by atoms with E-state index < -0.39 is 5.82 Å². The van der Waals surface area contributed by atoms with Gasteiger partial charge in [-0.2, -0.15) is 0 Å². The van der Waals surface area contributed by atoms with Crippen LogP contribution in [0.1, 0.15) is 12.0 Å². The second-order valence-electron chi connectivity index (χ2n) is 2.43. The lowest BCUT2D eigenvalue weighted by Crippen LogP contribution is -1.94. The molecule has 0 spiro atoms. The van der Waals surface area contributed by atoms with Crippen LogP contribution in [0.3, 0.4) is 0 Å². The molecule has 0 amide bonds. The molecule has 0 saturated heterocycles. The molecule has 0 bridgehead atoms. The zero-order valence-corrected chi connectivity index (χ0v) is 6.90. The molecule has 1 heterocycles. The molecule has 0 saturated carbocycles. The summed E-state index contributed by atoms with van der Waals surface area (Å²) < 4.78 is 12.6.